The van der Waals surface area contributed by atoms with Gasteiger partial charge in [0, 0.05) is 29.7 Å². The van der Waals surface area contributed by atoms with Crippen molar-refractivity contribution in [3.63, 3.8) is 0 Å². The third-order valence-electron chi connectivity index (χ3n) is 3.66. The molecule has 8 nitrogen and oxygen atoms in total. The number of carbonyl (C=O) groups excluding carboxylic acids is 2. The van der Waals surface area contributed by atoms with Gasteiger partial charge in [0.2, 0.25) is 5.95 Å². The van der Waals surface area contributed by atoms with Gasteiger partial charge in [0.25, 0.3) is 5.91 Å². The Morgan fingerprint density at radius 3 is 2.84 bits per heavy atom. The molecule has 0 saturated carbocycles. The van der Waals surface area contributed by atoms with Crippen LogP contribution in [-0.4, -0.2) is 47.5 Å². The van der Waals surface area contributed by atoms with Crippen molar-refractivity contribution < 1.29 is 14.3 Å². The molecule has 0 radical (unpaired) electrons. The molecule has 128 valence electrons. The van der Waals surface area contributed by atoms with Crippen LogP contribution in [-0.2, 0) is 9.53 Å². The fourth-order valence-electron chi connectivity index (χ4n) is 2.37. The van der Waals surface area contributed by atoms with Gasteiger partial charge in [-0.3, -0.25) is 9.59 Å². The SMILES string of the molecule is CNc1nccc(-c2cc3cc(C(=O)NCC(=O)OC)ccc3[nH]2)n1. The van der Waals surface area contributed by atoms with Crippen molar-refractivity contribution in [1.82, 2.24) is 20.3 Å². The Bertz CT molecular complexity index is 935. The van der Waals surface area contributed by atoms with E-state index in [1.807, 2.05) is 12.1 Å². The standard InChI is InChI=1S/C17H17N5O3/c1-18-17-19-6-5-13(22-17)14-8-11-7-10(3-4-12(11)21-14)16(24)20-9-15(23)25-2/h3-8,21H,9H2,1-2H3,(H,20,24)(H,18,19,22). The number of rotatable bonds is 5. The van der Waals surface area contributed by atoms with Crippen molar-refractivity contribution in [3.05, 3.63) is 42.1 Å². The van der Waals surface area contributed by atoms with E-state index in [2.05, 4.69) is 30.3 Å². The molecular formula is C17H17N5O3. The number of carbonyl (C=O) groups is 2. The lowest BCUT2D eigenvalue weighted by Crippen LogP contribution is -2.30. The Labute approximate surface area is 143 Å². The van der Waals surface area contributed by atoms with Crippen LogP contribution in [0.2, 0.25) is 0 Å². The number of nitrogens with zero attached hydrogens (tertiary/aromatic N) is 2. The Kier molecular flexibility index (Phi) is 4.60. The summed E-state index contributed by atoms with van der Waals surface area (Å²) in [6.45, 7) is -0.167. The van der Waals surface area contributed by atoms with E-state index >= 15 is 0 Å². The summed E-state index contributed by atoms with van der Waals surface area (Å²) in [4.78, 5) is 35.0. The molecule has 0 bridgehead atoms. The lowest BCUT2D eigenvalue weighted by molar-refractivity contribution is -0.139. The minimum Gasteiger partial charge on any atom is -0.468 e. The number of aromatic nitrogens is 3. The third kappa shape index (κ3) is 3.57. The molecule has 3 N–H and O–H groups in total. The predicted octanol–water partition coefficient (Wildman–Crippen LogP) is 1.57. The summed E-state index contributed by atoms with van der Waals surface area (Å²) < 4.78 is 4.50. The van der Waals surface area contributed by atoms with Crippen LogP contribution in [0.15, 0.2) is 36.5 Å². The molecule has 25 heavy (non-hydrogen) atoms. The van der Waals surface area contributed by atoms with Crippen LogP contribution >= 0.6 is 0 Å². The molecule has 3 rings (SSSR count). The first-order chi connectivity index (χ1) is 12.1. The smallest absolute Gasteiger partial charge is 0.325 e. The summed E-state index contributed by atoms with van der Waals surface area (Å²) in [5, 5.41) is 6.28. The van der Waals surface area contributed by atoms with Gasteiger partial charge in [-0.15, -0.1) is 0 Å². The fourth-order valence-corrected chi connectivity index (χ4v) is 2.37. The zero-order valence-electron chi connectivity index (χ0n) is 13.8. The number of aromatic amines is 1. The van der Waals surface area contributed by atoms with Gasteiger partial charge in [0.05, 0.1) is 18.5 Å². The number of anilines is 1. The second-order valence-electron chi connectivity index (χ2n) is 5.26. The molecule has 1 aromatic carbocycles. The molecular weight excluding hydrogens is 322 g/mol. The Balaban J connectivity index is 1.86. The van der Waals surface area contributed by atoms with Gasteiger partial charge in [-0.25, -0.2) is 9.97 Å². The quantitative estimate of drug-likeness (QED) is 0.609. The first kappa shape index (κ1) is 16.4. The van der Waals surface area contributed by atoms with Crippen molar-refractivity contribution >= 4 is 28.7 Å². The van der Waals surface area contributed by atoms with Crippen LogP contribution in [0.1, 0.15) is 10.4 Å². The van der Waals surface area contributed by atoms with Gasteiger partial charge in [-0.2, -0.15) is 0 Å². The van der Waals surface area contributed by atoms with Crippen LogP contribution in [0.5, 0.6) is 0 Å². The lowest BCUT2D eigenvalue weighted by atomic mass is 10.1. The highest BCUT2D eigenvalue weighted by Crippen LogP contribution is 2.24. The van der Waals surface area contributed by atoms with E-state index in [1.54, 1.807) is 31.4 Å². The predicted molar refractivity (Wildman–Crippen MR) is 93.2 cm³/mol. The summed E-state index contributed by atoms with van der Waals surface area (Å²) in [5.74, 6) is -0.309. The van der Waals surface area contributed by atoms with Gasteiger partial charge in [-0.1, -0.05) is 0 Å². The van der Waals surface area contributed by atoms with E-state index in [0.717, 1.165) is 22.3 Å². The average Bonchev–Trinajstić information content (AvgIpc) is 3.09. The van der Waals surface area contributed by atoms with Gasteiger partial charge in [0.15, 0.2) is 0 Å². The Morgan fingerprint density at radius 2 is 2.08 bits per heavy atom. The number of esters is 1. The van der Waals surface area contributed by atoms with E-state index in [9.17, 15) is 9.59 Å². The first-order valence-corrected chi connectivity index (χ1v) is 7.59. The molecule has 0 fully saturated rings. The first-order valence-electron chi connectivity index (χ1n) is 7.59. The van der Waals surface area contributed by atoms with E-state index in [4.69, 9.17) is 0 Å². The summed E-state index contributed by atoms with van der Waals surface area (Å²) in [6.07, 6.45) is 1.67. The van der Waals surface area contributed by atoms with E-state index in [0.29, 0.717) is 11.5 Å². The number of ether oxygens (including phenoxy) is 1. The van der Waals surface area contributed by atoms with Crippen LogP contribution in [0, 0.1) is 0 Å². The molecule has 0 aliphatic rings. The van der Waals surface area contributed by atoms with Gasteiger partial charge < -0.3 is 20.4 Å². The van der Waals surface area contributed by atoms with E-state index < -0.39 is 5.97 Å². The number of H-pyrrole nitrogens is 1. The maximum Gasteiger partial charge on any atom is 0.325 e. The van der Waals surface area contributed by atoms with E-state index in [1.165, 1.54) is 7.11 Å². The summed E-state index contributed by atoms with van der Waals surface area (Å²) in [6, 6.07) is 8.96. The van der Waals surface area contributed by atoms with Crippen LogP contribution in [0.4, 0.5) is 5.95 Å². The maximum absolute atomic E-state index is 12.1. The number of methoxy groups -OCH3 is 1. The highest BCUT2D eigenvalue weighted by molar-refractivity contribution is 6.00. The van der Waals surface area contributed by atoms with Crippen molar-refractivity contribution in [1.29, 1.82) is 0 Å². The second kappa shape index (κ2) is 7.00. The maximum atomic E-state index is 12.1. The van der Waals surface area contributed by atoms with Crippen molar-refractivity contribution in [2.75, 3.05) is 26.0 Å². The largest absolute Gasteiger partial charge is 0.468 e. The van der Waals surface area contributed by atoms with Gasteiger partial charge in [-0.05, 0) is 30.3 Å². The number of hydrogen-bond donors (Lipinski definition) is 3. The minimum absolute atomic E-state index is 0.167. The topological polar surface area (TPSA) is 109 Å². The van der Waals surface area contributed by atoms with Crippen molar-refractivity contribution in [2.24, 2.45) is 0 Å². The Hall–Kier alpha value is -3.42. The van der Waals surface area contributed by atoms with Gasteiger partial charge >= 0.3 is 5.97 Å². The minimum atomic E-state index is -0.498. The molecule has 2 aromatic heterocycles. The molecule has 0 atom stereocenters. The monoisotopic (exact) mass is 339 g/mol. The summed E-state index contributed by atoms with van der Waals surface area (Å²) in [5.41, 5.74) is 2.90. The lowest BCUT2D eigenvalue weighted by Gasteiger charge is -2.03. The molecule has 0 aliphatic heterocycles. The highest BCUT2D eigenvalue weighted by atomic mass is 16.5. The zero-order valence-corrected chi connectivity index (χ0v) is 13.8. The zero-order chi connectivity index (χ0) is 17.8. The Morgan fingerprint density at radius 1 is 1.24 bits per heavy atom. The van der Waals surface area contributed by atoms with Gasteiger partial charge in [0.1, 0.15) is 6.54 Å². The molecule has 1 amide bonds. The van der Waals surface area contributed by atoms with E-state index in [-0.39, 0.29) is 12.5 Å². The molecule has 0 unspecified atom stereocenters. The van der Waals surface area contributed by atoms with Crippen LogP contribution in [0.3, 0.4) is 0 Å². The second-order valence-corrected chi connectivity index (χ2v) is 5.26. The molecule has 0 spiro atoms. The third-order valence-corrected chi connectivity index (χ3v) is 3.66. The summed E-state index contributed by atoms with van der Waals surface area (Å²) >= 11 is 0. The number of nitrogens with one attached hydrogen (secondary N) is 3. The molecule has 8 heteroatoms. The molecule has 0 aliphatic carbocycles. The highest BCUT2D eigenvalue weighted by Gasteiger charge is 2.11. The van der Waals surface area contributed by atoms with Crippen LogP contribution < -0.4 is 10.6 Å². The van der Waals surface area contributed by atoms with Crippen molar-refractivity contribution in [3.8, 4) is 11.4 Å². The summed E-state index contributed by atoms with van der Waals surface area (Å²) in [7, 11) is 3.03. The van der Waals surface area contributed by atoms with Crippen LogP contribution in [0.25, 0.3) is 22.3 Å². The molecule has 0 saturated heterocycles. The van der Waals surface area contributed by atoms with Crippen molar-refractivity contribution in [2.45, 2.75) is 0 Å². The average molecular weight is 339 g/mol. The normalized spacial score (nSPS) is 10.5. The number of benzene rings is 1. The number of amides is 1. The molecule has 2 heterocycles. The number of fused-ring (bicyclic) bond motifs is 1. The fraction of sp³-hybridized carbons (Fsp3) is 0.176. The number of hydrogen-bond acceptors (Lipinski definition) is 6. The molecule has 3 aromatic rings.